The molecule has 2 rings (SSSR count). The third kappa shape index (κ3) is 3.12. The molecule has 10 heteroatoms. The Morgan fingerprint density at radius 3 is 2.86 bits per heavy atom. The predicted octanol–water partition coefficient (Wildman–Crippen LogP) is 0.101. The van der Waals surface area contributed by atoms with Gasteiger partial charge in [-0.05, 0) is 18.2 Å². The van der Waals surface area contributed by atoms with Crippen molar-refractivity contribution in [1.82, 2.24) is 4.31 Å². The zero-order valence-electron chi connectivity index (χ0n) is 10.7. The molecule has 1 atom stereocenters. The molecule has 116 valence electrons. The summed E-state index contributed by atoms with van der Waals surface area (Å²) < 4.78 is 57.5. The largest absolute Gasteiger partial charge is 0.409 e. The molecule has 1 heterocycles. The molecule has 3 N–H and O–H groups in total. The van der Waals surface area contributed by atoms with Crippen LogP contribution < -0.4 is 5.73 Å². The molecule has 0 saturated carbocycles. The van der Waals surface area contributed by atoms with E-state index in [9.17, 15) is 17.2 Å². The Kier molecular flexibility index (Phi) is 4.40. The van der Waals surface area contributed by atoms with Crippen LogP contribution in [0.3, 0.4) is 0 Å². The van der Waals surface area contributed by atoms with Gasteiger partial charge in [-0.1, -0.05) is 5.16 Å². The standard InChI is InChI=1S/C11H13F2N3O4S/c12-7-1-2-8(13)10(5-7)21(18,19)16-3-4-20-9(6-16)11(14)15-17/h1-2,5,9,17H,3-4,6H2,(H2,14,15). The molecule has 1 aromatic carbocycles. The minimum Gasteiger partial charge on any atom is -0.409 e. The lowest BCUT2D eigenvalue weighted by Crippen LogP contribution is -2.50. The van der Waals surface area contributed by atoms with Gasteiger partial charge in [0.25, 0.3) is 0 Å². The van der Waals surface area contributed by atoms with E-state index in [4.69, 9.17) is 15.7 Å². The van der Waals surface area contributed by atoms with Gasteiger partial charge in [0.15, 0.2) is 5.84 Å². The smallest absolute Gasteiger partial charge is 0.246 e. The van der Waals surface area contributed by atoms with Crippen LogP contribution in [0.4, 0.5) is 8.78 Å². The van der Waals surface area contributed by atoms with Gasteiger partial charge in [-0.2, -0.15) is 4.31 Å². The second-order valence-corrected chi connectivity index (χ2v) is 6.23. The molecule has 0 amide bonds. The van der Waals surface area contributed by atoms with Crippen LogP contribution in [0, 0.1) is 11.6 Å². The van der Waals surface area contributed by atoms with Gasteiger partial charge in [0.2, 0.25) is 10.0 Å². The minimum absolute atomic E-state index is 0.0168. The number of ether oxygens (including phenoxy) is 1. The van der Waals surface area contributed by atoms with Gasteiger partial charge < -0.3 is 15.7 Å². The van der Waals surface area contributed by atoms with Gasteiger partial charge >= 0.3 is 0 Å². The van der Waals surface area contributed by atoms with Gasteiger partial charge in [-0.25, -0.2) is 17.2 Å². The number of halogens is 2. The summed E-state index contributed by atoms with van der Waals surface area (Å²) in [5, 5.41) is 11.3. The van der Waals surface area contributed by atoms with Crippen molar-refractivity contribution in [1.29, 1.82) is 0 Å². The Morgan fingerprint density at radius 1 is 1.48 bits per heavy atom. The number of amidine groups is 1. The number of rotatable bonds is 3. The lowest BCUT2D eigenvalue weighted by atomic mass is 10.3. The molecule has 1 aliphatic heterocycles. The molecule has 1 aliphatic rings. The maximum absolute atomic E-state index is 13.6. The van der Waals surface area contributed by atoms with Crippen LogP contribution in [-0.4, -0.2) is 49.6 Å². The summed E-state index contributed by atoms with van der Waals surface area (Å²) in [5.74, 6) is -2.21. The number of nitrogens with zero attached hydrogens (tertiary/aromatic N) is 2. The molecular weight excluding hydrogens is 308 g/mol. The van der Waals surface area contributed by atoms with Crippen LogP contribution in [0.25, 0.3) is 0 Å². The van der Waals surface area contributed by atoms with Crippen molar-refractivity contribution < 1.29 is 27.1 Å². The first-order valence-corrected chi connectivity index (χ1v) is 7.34. The van der Waals surface area contributed by atoms with E-state index in [-0.39, 0.29) is 25.5 Å². The topological polar surface area (TPSA) is 105 Å². The molecule has 0 spiro atoms. The predicted molar refractivity (Wildman–Crippen MR) is 68.3 cm³/mol. The van der Waals surface area contributed by atoms with Crippen LogP contribution in [-0.2, 0) is 14.8 Å². The van der Waals surface area contributed by atoms with Gasteiger partial charge in [0.05, 0.1) is 6.61 Å². The van der Waals surface area contributed by atoms with E-state index in [0.717, 1.165) is 16.4 Å². The van der Waals surface area contributed by atoms with E-state index in [1.807, 2.05) is 0 Å². The number of benzene rings is 1. The van der Waals surface area contributed by atoms with Gasteiger partial charge in [-0.15, -0.1) is 0 Å². The SMILES string of the molecule is NC(=NO)C1CN(S(=O)(=O)c2cc(F)ccc2F)CCO1. The molecule has 0 radical (unpaired) electrons. The quantitative estimate of drug-likeness (QED) is 0.355. The van der Waals surface area contributed by atoms with E-state index < -0.39 is 32.7 Å². The van der Waals surface area contributed by atoms with Gasteiger partial charge in [0.1, 0.15) is 22.6 Å². The Morgan fingerprint density at radius 2 is 2.19 bits per heavy atom. The zero-order chi connectivity index (χ0) is 15.6. The average Bonchev–Trinajstić information content (AvgIpc) is 2.49. The summed E-state index contributed by atoms with van der Waals surface area (Å²) in [4.78, 5) is -0.761. The molecule has 0 aliphatic carbocycles. The summed E-state index contributed by atoms with van der Waals surface area (Å²) in [6.07, 6.45) is -0.949. The van der Waals surface area contributed by atoms with Gasteiger partial charge in [-0.3, -0.25) is 0 Å². The molecule has 0 bridgehead atoms. The van der Waals surface area contributed by atoms with E-state index >= 15 is 0 Å². The van der Waals surface area contributed by atoms with Gasteiger partial charge in [0, 0.05) is 13.1 Å². The summed E-state index contributed by atoms with van der Waals surface area (Å²) >= 11 is 0. The zero-order valence-corrected chi connectivity index (χ0v) is 11.6. The van der Waals surface area contributed by atoms with Crippen molar-refractivity contribution >= 4 is 15.9 Å². The van der Waals surface area contributed by atoms with E-state index in [2.05, 4.69) is 5.16 Å². The molecule has 1 aromatic rings. The van der Waals surface area contributed by atoms with Crippen molar-refractivity contribution in [2.75, 3.05) is 19.7 Å². The van der Waals surface area contributed by atoms with Crippen LogP contribution in [0.2, 0.25) is 0 Å². The van der Waals surface area contributed by atoms with Crippen LogP contribution in [0.1, 0.15) is 0 Å². The molecule has 7 nitrogen and oxygen atoms in total. The Labute approximate surface area is 119 Å². The Hall–Kier alpha value is -1.78. The minimum atomic E-state index is -4.24. The molecule has 1 fully saturated rings. The molecule has 21 heavy (non-hydrogen) atoms. The number of hydrogen-bond donors (Lipinski definition) is 2. The monoisotopic (exact) mass is 321 g/mol. The summed E-state index contributed by atoms with van der Waals surface area (Å²) in [7, 11) is -4.24. The molecule has 1 saturated heterocycles. The fourth-order valence-corrected chi connectivity index (χ4v) is 3.40. The molecule has 1 unspecified atom stereocenters. The average molecular weight is 321 g/mol. The van der Waals surface area contributed by atoms with E-state index in [1.54, 1.807) is 0 Å². The van der Waals surface area contributed by atoms with Crippen molar-refractivity contribution in [2.24, 2.45) is 10.9 Å². The normalized spacial score (nSPS) is 21.4. The first-order chi connectivity index (χ1) is 9.86. The molecular formula is C11H13F2N3O4S. The highest BCUT2D eigenvalue weighted by molar-refractivity contribution is 7.89. The number of oxime groups is 1. The van der Waals surface area contributed by atoms with Crippen LogP contribution in [0.5, 0.6) is 0 Å². The first kappa shape index (κ1) is 15.6. The number of sulfonamides is 1. The maximum Gasteiger partial charge on any atom is 0.246 e. The highest BCUT2D eigenvalue weighted by atomic mass is 32.2. The Bertz CT molecular complexity index is 665. The fourth-order valence-electron chi connectivity index (χ4n) is 1.90. The summed E-state index contributed by atoms with van der Waals surface area (Å²) in [5.41, 5.74) is 5.37. The first-order valence-electron chi connectivity index (χ1n) is 5.90. The Balaban J connectivity index is 2.33. The lowest BCUT2D eigenvalue weighted by molar-refractivity contribution is 0.0354. The fraction of sp³-hybridized carbons (Fsp3) is 0.364. The number of nitrogens with two attached hydrogens (primary N) is 1. The van der Waals surface area contributed by atoms with Crippen molar-refractivity contribution in [3.8, 4) is 0 Å². The van der Waals surface area contributed by atoms with Crippen LogP contribution >= 0.6 is 0 Å². The number of morpholine rings is 1. The maximum atomic E-state index is 13.6. The lowest BCUT2D eigenvalue weighted by Gasteiger charge is -2.31. The van der Waals surface area contributed by atoms with Crippen molar-refractivity contribution in [2.45, 2.75) is 11.0 Å². The third-order valence-electron chi connectivity index (χ3n) is 2.99. The highest BCUT2D eigenvalue weighted by Crippen LogP contribution is 2.22. The van der Waals surface area contributed by atoms with E-state index in [1.165, 1.54) is 0 Å². The third-order valence-corrected chi connectivity index (χ3v) is 4.87. The van der Waals surface area contributed by atoms with Crippen molar-refractivity contribution in [3.05, 3.63) is 29.8 Å². The van der Waals surface area contributed by atoms with Crippen molar-refractivity contribution in [3.63, 3.8) is 0 Å². The second-order valence-electron chi connectivity index (χ2n) is 4.32. The van der Waals surface area contributed by atoms with E-state index in [0.29, 0.717) is 6.07 Å². The summed E-state index contributed by atoms with van der Waals surface area (Å²) in [6, 6.07) is 2.18. The summed E-state index contributed by atoms with van der Waals surface area (Å²) in [6.45, 7) is -0.321. The highest BCUT2D eigenvalue weighted by Gasteiger charge is 2.34. The second kappa shape index (κ2) is 5.92. The molecule has 0 aromatic heterocycles. The number of hydrogen-bond acceptors (Lipinski definition) is 5. The van der Waals surface area contributed by atoms with Crippen LogP contribution in [0.15, 0.2) is 28.3 Å².